The lowest BCUT2D eigenvalue weighted by molar-refractivity contribution is 0.279. The van der Waals surface area contributed by atoms with Gasteiger partial charge >= 0.3 is 0 Å². The fraction of sp³-hybridized carbons (Fsp3) is 0.625. The van der Waals surface area contributed by atoms with Gasteiger partial charge in [0.05, 0.1) is 6.61 Å². The van der Waals surface area contributed by atoms with Crippen LogP contribution in [0, 0.1) is 0 Å². The van der Waals surface area contributed by atoms with Gasteiger partial charge in [-0.15, -0.1) is 0 Å². The molecule has 1 N–H and O–H groups in total. The molecule has 0 amide bonds. The normalized spacial score (nSPS) is 10.9. The van der Waals surface area contributed by atoms with E-state index in [1.54, 1.807) is 0 Å². The molecule has 1 aromatic carbocycles. The molecule has 0 spiro atoms. The average molecular weight is 264 g/mol. The Morgan fingerprint density at radius 1 is 1.16 bits per heavy atom. The summed E-state index contributed by atoms with van der Waals surface area (Å²) >= 11 is 0. The fourth-order valence-electron chi connectivity index (χ4n) is 1.88. The predicted molar refractivity (Wildman–Crippen MR) is 81.7 cm³/mol. The van der Waals surface area contributed by atoms with Crippen LogP contribution in [0.25, 0.3) is 0 Å². The van der Waals surface area contributed by atoms with Crippen LogP contribution in [0.3, 0.4) is 0 Å². The standard InChI is InChI=1S/C16H28N2O/c1-4-5-11-17-14-15-9-6-7-10-16(15)19-13-8-12-18(2)3/h6-7,9-10,17H,4-5,8,11-14H2,1-3H3. The van der Waals surface area contributed by atoms with E-state index in [9.17, 15) is 0 Å². The number of rotatable bonds is 10. The smallest absolute Gasteiger partial charge is 0.123 e. The molecule has 0 radical (unpaired) electrons. The van der Waals surface area contributed by atoms with E-state index in [1.807, 2.05) is 6.07 Å². The van der Waals surface area contributed by atoms with Gasteiger partial charge in [0.2, 0.25) is 0 Å². The highest BCUT2D eigenvalue weighted by Crippen LogP contribution is 2.17. The van der Waals surface area contributed by atoms with Crippen molar-refractivity contribution in [3.8, 4) is 5.75 Å². The molecule has 0 saturated heterocycles. The highest BCUT2D eigenvalue weighted by atomic mass is 16.5. The van der Waals surface area contributed by atoms with Gasteiger partial charge < -0.3 is 15.0 Å². The minimum atomic E-state index is 0.782. The Kier molecular flexibility index (Phi) is 8.26. The van der Waals surface area contributed by atoms with Crippen molar-refractivity contribution in [3.05, 3.63) is 29.8 Å². The van der Waals surface area contributed by atoms with Crippen molar-refractivity contribution in [3.63, 3.8) is 0 Å². The van der Waals surface area contributed by atoms with Crippen molar-refractivity contribution in [2.45, 2.75) is 32.7 Å². The van der Waals surface area contributed by atoms with Crippen molar-refractivity contribution < 1.29 is 4.74 Å². The summed E-state index contributed by atoms with van der Waals surface area (Å²) in [4.78, 5) is 2.18. The van der Waals surface area contributed by atoms with Crippen molar-refractivity contribution in [1.82, 2.24) is 10.2 Å². The summed E-state index contributed by atoms with van der Waals surface area (Å²) < 4.78 is 5.88. The largest absolute Gasteiger partial charge is 0.493 e. The molecule has 0 fully saturated rings. The van der Waals surface area contributed by atoms with E-state index in [0.29, 0.717) is 0 Å². The van der Waals surface area contributed by atoms with Crippen LogP contribution in [0.4, 0.5) is 0 Å². The van der Waals surface area contributed by atoms with Crippen LogP contribution in [0.2, 0.25) is 0 Å². The van der Waals surface area contributed by atoms with E-state index in [0.717, 1.165) is 38.4 Å². The second-order valence-electron chi connectivity index (χ2n) is 5.14. The SMILES string of the molecule is CCCCNCc1ccccc1OCCCN(C)C. The molecule has 0 unspecified atom stereocenters. The van der Waals surface area contributed by atoms with E-state index in [-0.39, 0.29) is 0 Å². The maximum Gasteiger partial charge on any atom is 0.123 e. The molecule has 19 heavy (non-hydrogen) atoms. The summed E-state index contributed by atoms with van der Waals surface area (Å²) in [5, 5.41) is 3.46. The molecule has 108 valence electrons. The van der Waals surface area contributed by atoms with Crippen LogP contribution in [0.5, 0.6) is 5.75 Å². The number of benzene rings is 1. The monoisotopic (exact) mass is 264 g/mol. The van der Waals surface area contributed by atoms with Crippen LogP contribution >= 0.6 is 0 Å². The second-order valence-corrected chi connectivity index (χ2v) is 5.14. The van der Waals surface area contributed by atoms with Crippen LogP contribution in [-0.2, 0) is 6.54 Å². The number of para-hydroxylation sites is 1. The first kappa shape index (κ1) is 16.0. The molecule has 0 aliphatic carbocycles. The Hall–Kier alpha value is -1.06. The van der Waals surface area contributed by atoms with Crippen molar-refractivity contribution in [2.75, 3.05) is 33.8 Å². The Labute approximate surface area is 118 Å². The molecule has 0 aliphatic rings. The van der Waals surface area contributed by atoms with Gasteiger partial charge in [-0.2, -0.15) is 0 Å². The first-order valence-corrected chi connectivity index (χ1v) is 7.30. The third-order valence-corrected chi connectivity index (χ3v) is 3.00. The summed E-state index contributed by atoms with van der Waals surface area (Å²) in [6.07, 6.45) is 3.52. The Balaban J connectivity index is 2.35. The summed E-state index contributed by atoms with van der Waals surface area (Å²) in [5.74, 6) is 1.02. The first-order valence-electron chi connectivity index (χ1n) is 7.30. The molecule has 0 aliphatic heterocycles. The lowest BCUT2D eigenvalue weighted by Gasteiger charge is -2.13. The molecule has 0 bridgehead atoms. The van der Waals surface area contributed by atoms with Crippen molar-refractivity contribution in [1.29, 1.82) is 0 Å². The Bertz CT molecular complexity index is 339. The summed E-state index contributed by atoms with van der Waals surface area (Å²) in [5.41, 5.74) is 1.25. The van der Waals surface area contributed by atoms with Crippen LogP contribution in [-0.4, -0.2) is 38.7 Å². The molecule has 1 aromatic rings. The van der Waals surface area contributed by atoms with E-state index in [2.05, 4.69) is 49.4 Å². The lowest BCUT2D eigenvalue weighted by Crippen LogP contribution is -2.17. The van der Waals surface area contributed by atoms with Gasteiger partial charge in [-0.1, -0.05) is 31.5 Å². The molecule has 1 rings (SSSR count). The van der Waals surface area contributed by atoms with Crippen LogP contribution in [0.1, 0.15) is 31.7 Å². The maximum absolute atomic E-state index is 5.88. The molecule has 0 atom stereocenters. The minimum absolute atomic E-state index is 0.782. The fourth-order valence-corrected chi connectivity index (χ4v) is 1.88. The number of hydrogen-bond donors (Lipinski definition) is 1. The topological polar surface area (TPSA) is 24.5 Å². The first-order chi connectivity index (χ1) is 9.24. The van der Waals surface area contributed by atoms with Crippen LogP contribution in [0.15, 0.2) is 24.3 Å². The van der Waals surface area contributed by atoms with E-state index < -0.39 is 0 Å². The highest BCUT2D eigenvalue weighted by Gasteiger charge is 2.02. The number of hydrogen-bond acceptors (Lipinski definition) is 3. The number of nitrogens with zero attached hydrogens (tertiary/aromatic N) is 1. The Morgan fingerprint density at radius 2 is 1.95 bits per heavy atom. The predicted octanol–water partition coefficient (Wildman–Crippen LogP) is 2.91. The van der Waals surface area contributed by atoms with E-state index >= 15 is 0 Å². The zero-order valence-electron chi connectivity index (χ0n) is 12.6. The minimum Gasteiger partial charge on any atom is -0.493 e. The van der Waals surface area contributed by atoms with E-state index in [1.165, 1.54) is 18.4 Å². The van der Waals surface area contributed by atoms with Gasteiger partial charge in [-0.25, -0.2) is 0 Å². The van der Waals surface area contributed by atoms with Gasteiger partial charge in [0.15, 0.2) is 0 Å². The van der Waals surface area contributed by atoms with E-state index in [4.69, 9.17) is 4.74 Å². The summed E-state index contributed by atoms with van der Waals surface area (Å²) in [7, 11) is 4.18. The molecule has 0 saturated carbocycles. The molecule has 0 aromatic heterocycles. The summed E-state index contributed by atoms with van der Waals surface area (Å²) in [6, 6.07) is 8.31. The van der Waals surface area contributed by atoms with Crippen molar-refractivity contribution in [2.24, 2.45) is 0 Å². The van der Waals surface area contributed by atoms with Gasteiger partial charge in [0.1, 0.15) is 5.75 Å². The molecule has 0 heterocycles. The number of ether oxygens (including phenoxy) is 1. The van der Waals surface area contributed by atoms with Gasteiger partial charge in [0.25, 0.3) is 0 Å². The van der Waals surface area contributed by atoms with Gasteiger partial charge in [0, 0.05) is 18.7 Å². The second kappa shape index (κ2) is 9.82. The maximum atomic E-state index is 5.88. The summed E-state index contributed by atoms with van der Waals surface area (Å²) in [6.45, 7) is 6.03. The Morgan fingerprint density at radius 3 is 2.68 bits per heavy atom. The number of unbranched alkanes of at least 4 members (excludes halogenated alkanes) is 1. The quantitative estimate of drug-likeness (QED) is 0.658. The molecule has 3 heteroatoms. The molecular weight excluding hydrogens is 236 g/mol. The van der Waals surface area contributed by atoms with Gasteiger partial charge in [-0.05, 0) is 39.5 Å². The molecular formula is C16H28N2O. The zero-order chi connectivity index (χ0) is 13.9. The third-order valence-electron chi connectivity index (χ3n) is 3.00. The zero-order valence-corrected chi connectivity index (χ0v) is 12.6. The van der Waals surface area contributed by atoms with Crippen molar-refractivity contribution >= 4 is 0 Å². The lowest BCUT2D eigenvalue weighted by atomic mass is 10.2. The van der Waals surface area contributed by atoms with Crippen LogP contribution < -0.4 is 10.1 Å². The number of nitrogens with one attached hydrogen (secondary N) is 1. The van der Waals surface area contributed by atoms with Gasteiger partial charge in [-0.3, -0.25) is 0 Å². The third kappa shape index (κ3) is 7.19. The highest BCUT2D eigenvalue weighted by molar-refractivity contribution is 5.33. The average Bonchev–Trinajstić information content (AvgIpc) is 2.41. The molecule has 3 nitrogen and oxygen atoms in total.